The molecule has 1 aromatic carbocycles. The number of thiocarbonyl (C=S) groups is 1. The molecule has 1 aliphatic rings. The molecule has 8 heteroatoms. The van der Waals surface area contributed by atoms with Crippen molar-refractivity contribution in [3.05, 3.63) is 34.6 Å². The molecular weight excluding hydrogens is 339 g/mol. The number of morpholine rings is 1. The molecule has 0 saturated carbocycles. The van der Waals surface area contributed by atoms with Gasteiger partial charge in [-0.15, -0.1) is 0 Å². The van der Waals surface area contributed by atoms with Crippen molar-refractivity contribution in [3.63, 3.8) is 0 Å². The summed E-state index contributed by atoms with van der Waals surface area (Å²) in [6.45, 7) is 5.33. The van der Waals surface area contributed by atoms with Crippen LogP contribution in [0.5, 0.6) is 0 Å². The van der Waals surface area contributed by atoms with Crippen LogP contribution in [0.1, 0.15) is 12.0 Å². The highest BCUT2D eigenvalue weighted by atomic mass is 35.5. The Morgan fingerprint density at radius 3 is 2.96 bits per heavy atom. The highest BCUT2D eigenvalue weighted by Gasteiger charge is 2.09. The van der Waals surface area contributed by atoms with Gasteiger partial charge in [-0.25, -0.2) is 4.39 Å². The Balaban J connectivity index is 1.64. The maximum absolute atomic E-state index is 13.5. The second-order valence-electron chi connectivity index (χ2n) is 5.07. The Labute approximate surface area is 145 Å². The van der Waals surface area contributed by atoms with Gasteiger partial charge >= 0.3 is 0 Å². The van der Waals surface area contributed by atoms with Gasteiger partial charge in [0.1, 0.15) is 5.82 Å². The summed E-state index contributed by atoms with van der Waals surface area (Å²) in [5.41, 5.74) is 2.89. The van der Waals surface area contributed by atoms with Crippen molar-refractivity contribution in [2.24, 2.45) is 5.10 Å². The van der Waals surface area contributed by atoms with Gasteiger partial charge in [-0.2, -0.15) is 5.10 Å². The highest BCUT2D eigenvalue weighted by molar-refractivity contribution is 7.80. The van der Waals surface area contributed by atoms with E-state index in [1.54, 1.807) is 12.1 Å². The van der Waals surface area contributed by atoms with Gasteiger partial charge in [0.05, 0.1) is 24.5 Å². The van der Waals surface area contributed by atoms with E-state index in [-0.39, 0.29) is 5.56 Å². The number of hydrogen-bond acceptors (Lipinski definition) is 4. The van der Waals surface area contributed by atoms with Crippen LogP contribution in [-0.4, -0.2) is 55.6 Å². The number of ether oxygens (including phenoxy) is 1. The van der Waals surface area contributed by atoms with Crippen LogP contribution in [0.15, 0.2) is 23.3 Å². The normalized spacial score (nSPS) is 15.7. The minimum absolute atomic E-state index is 0.233. The summed E-state index contributed by atoms with van der Waals surface area (Å²) in [5.74, 6) is -0.424. The van der Waals surface area contributed by atoms with E-state index in [9.17, 15) is 4.39 Å². The zero-order chi connectivity index (χ0) is 16.5. The molecule has 0 unspecified atom stereocenters. The Hall–Kier alpha value is -1.28. The van der Waals surface area contributed by atoms with Crippen LogP contribution in [0.4, 0.5) is 4.39 Å². The first-order chi connectivity index (χ1) is 11.2. The van der Waals surface area contributed by atoms with Gasteiger partial charge in [0.15, 0.2) is 5.11 Å². The molecule has 2 rings (SSSR count). The van der Waals surface area contributed by atoms with E-state index in [0.717, 1.165) is 45.8 Å². The van der Waals surface area contributed by atoms with Gasteiger partial charge in [0.25, 0.3) is 0 Å². The average molecular weight is 359 g/mol. The second-order valence-corrected chi connectivity index (χ2v) is 5.88. The predicted molar refractivity (Wildman–Crippen MR) is 94.6 cm³/mol. The smallest absolute Gasteiger partial charge is 0.186 e. The first kappa shape index (κ1) is 18.1. The lowest BCUT2D eigenvalue weighted by Crippen LogP contribution is -2.39. The second kappa shape index (κ2) is 9.77. The molecule has 1 aliphatic heterocycles. The number of hydrazone groups is 1. The lowest BCUT2D eigenvalue weighted by molar-refractivity contribution is 0.0376. The molecular formula is C15H20ClFN4OS. The molecule has 1 aromatic rings. The van der Waals surface area contributed by atoms with E-state index in [1.807, 2.05) is 0 Å². The van der Waals surface area contributed by atoms with Crippen molar-refractivity contribution < 1.29 is 9.13 Å². The van der Waals surface area contributed by atoms with Gasteiger partial charge in [0.2, 0.25) is 0 Å². The van der Waals surface area contributed by atoms with Crippen LogP contribution in [0, 0.1) is 5.82 Å². The Morgan fingerprint density at radius 1 is 1.43 bits per heavy atom. The first-order valence-electron chi connectivity index (χ1n) is 7.48. The van der Waals surface area contributed by atoms with Gasteiger partial charge in [-0.05, 0) is 37.3 Å². The van der Waals surface area contributed by atoms with Gasteiger partial charge in [-0.3, -0.25) is 10.3 Å². The summed E-state index contributed by atoms with van der Waals surface area (Å²) >= 11 is 11.0. The Kier molecular flexibility index (Phi) is 7.67. The summed E-state index contributed by atoms with van der Waals surface area (Å²) in [4.78, 5) is 2.36. The maximum Gasteiger partial charge on any atom is 0.186 e. The third-order valence-electron chi connectivity index (χ3n) is 3.40. The molecule has 2 N–H and O–H groups in total. The van der Waals surface area contributed by atoms with Crippen LogP contribution < -0.4 is 10.7 Å². The number of halogens is 2. The SMILES string of the molecule is Fc1cccc(Cl)c1/C=N\NC(=S)NCCCN1CCOCC1. The van der Waals surface area contributed by atoms with E-state index < -0.39 is 5.82 Å². The fraction of sp³-hybridized carbons (Fsp3) is 0.467. The minimum atomic E-state index is -0.424. The molecule has 0 aromatic heterocycles. The van der Waals surface area contributed by atoms with Crippen LogP contribution >= 0.6 is 23.8 Å². The van der Waals surface area contributed by atoms with Crippen LogP contribution in [0.3, 0.4) is 0 Å². The molecule has 1 fully saturated rings. The summed E-state index contributed by atoms with van der Waals surface area (Å²) in [5, 5.41) is 7.67. The third kappa shape index (κ3) is 6.39. The first-order valence-corrected chi connectivity index (χ1v) is 8.26. The fourth-order valence-electron chi connectivity index (χ4n) is 2.16. The lowest BCUT2D eigenvalue weighted by Gasteiger charge is -2.26. The number of rotatable bonds is 6. The lowest BCUT2D eigenvalue weighted by atomic mass is 10.2. The van der Waals surface area contributed by atoms with Gasteiger partial charge in [-0.1, -0.05) is 17.7 Å². The summed E-state index contributed by atoms with van der Waals surface area (Å²) < 4.78 is 18.8. The predicted octanol–water partition coefficient (Wildman–Crippen LogP) is 2.00. The molecule has 1 saturated heterocycles. The topological polar surface area (TPSA) is 48.9 Å². The van der Waals surface area contributed by atoms with E-state index in [2.05, 4.69) is 20.7 Å². The summed E-state index contributed by atoms with van der Waals surface area (Å²) in [6.07, 6.45) is 2.30. The number of benzene rings is 1. The molecule has 5 nitrogen and oxygen atoms in total. The van der Waals surface area contributed by atoms with Crippen LogP contribution in [0.2, 0.25) is 5.02 Å². The zero-order valence-electron chi connectivity index (χ0n) is 12.7. The van der Waals surface area contributed by atoms with Crippen molar-refractivity contribution >= 4 is 35.1 Å². The van der Waals surface area contributed by atoms with Crippen LogP contribution in [0.25, 0.3) is 0 Å². The fourth-order valence-corrected chi connectivity index (χ4v) is 2.52. The maximum atomic E-state index is 13.5. The molecule has 0 aliphatic carbocycles. The molecule has 126 valence electrons. The van der Waals surface area contributed by atoms with E-state index in [0.29, 0.717) is 10.1 Å². The van der Waals surface area contributed by atoms with Crippen molar-refractivity contribution in [1.82, 2.24) is 15.6 Å². The molecule has 0 radical (unpaired) electrons. The molecule has 23 heavy (non-hydrogen) atoms. The largest absolute Gasteiger partial charge is 0.379 e. The van der Waals surface area contributed by atoms with Crippen LogP contribution in [-0.2, 0) is 4.74 Å². The quantitative estimate of drug-likeness (QED) is 0.352. The molecule has 0 bridgehead atoms. The summed E-state index contributed by atoms with van der Waals surface area (Å²) in [6, 6.07) is 4.48. The molecule has 0 amide bonds. The van der Waals surface area contributed by atoms with E-state index in [1.165, 1.54) is 12.3 Å². The monoisotopic (exact) mass is 358 g/mol. The van der Waals surface area contributed by atoms with E-state index >= 15 is 0 Å². The van der Waals surface area contributed by atoms with Gasteiger partial charge < -0.3 is 10.1 Å². The number of nitrogens with one attached hydrogen (secondary N) is 2. The molecule has 1 heterocycles. The highest BCUT2D eigenvalue weighted by Crippen LogP contribution is 2.16. The van der Waals surface area contributed by atoms with Gasteiger partial charge in [0, 0.05) is 25.2 Å². The standard InChI is InChI=1S/C15H20ClFN4OS/c16-13-3-1-4-14(17)12(13)11-19-20-15(23)18-5-2-6-21-7-9-22-10-8-21/h1,3-4,11H,2,5-10H2,(H2,18,20,23)/b19-11-. The van der Waals surface area contributed by atoms with Crippen molar-refractivity contribution in [1.29, 1.82) is 0 Å². The van der Waals surface area contributed by atoms with Crippen molar-refractivity contribution in [3.8, 4) is 0 Å². The summed E-state index contributed by atoms with van der Waals surface area (Å²) in [7, 11) is 0. The van der Waals surface area contributed by atoms with E-state index in [4.69, 9.17) is 28.6 Å². The molecule has 0 spiro atoms. The minimum Gasteiger partial charge on any atom is -0.379 e. The molecule has 0 atom stereocenters. The number of hydrogen-bond donors (Lipinski definition) is 2. The zero-order valence-corrected chi connectivity index (χ0v) is 14.3. The number of nitrogens with zero attached hydrogens (tertiary/aromatic N) is 2. The third-order valence-corrected chi connectivity index (χ3v) is 3.97. The Morgan fingerprint density at radius 2 is 2.22 bits per heavy atom. The van der Waals surface area contributed by atoms with Crippen molar-refractivity contribution in [2.75, 3.05) is 39.4 Å². The Bertz CT molecular complexity index is 532. The average Bonchev–Trinajstić information content (AvgIpc) is 2.55. The van der Waals surface area contributed by atoms with Crippen molar-refractivity contribution in [2.45, 2.75) is 6.42 Å².